The Hall–Kier alpha value is -2.73. The van der Waals surface area contributed by atoms with Gasteiger partial charge in [0.15, 0.2) is 0 Å². The van der Waals surface area contributed by atoms with Gasteiger partial charge in [-0.3, -0.25) is 10.1 Å². The van der Waals surface area contributed by atoms with E-state index in [1.807, 2.05) is 30.5 Å². The third kappa shape index (κ3) is 4.79. The van der Waals surface area contributed by atoms with E-state index < -0.39 is 15.9 Å². The Bertz CT molecular complexity index is 1170. The first-order valence-electron chi connectivity index (χ1n) is 9.44. The van der Waals surface area contributed by atoms with Gasteiger partial charge in [-0.2, -0.15) is 4.31 Å². The SMILES string of the molecule is CSc1cccc(-c2nnc(NC(=O)c3ccc(S(=O)(=O)N4CCOCC4)cc3)o2)c1. The minimum absolute atomic E-state index is 0.0421. The van der Waals surface area contributed by atoms with Crippen LogP contribution in [0.1, 0.15) is 10.4 Å². The summed E-state index contributed by atoms with van der Waals surface area (Å²) in [5.41, 5.74) is 1.02. The number of hydrogen-bond donors (Lipinski definition) is 1. The van der Waals surface area contributed by atoms with Crippen LogP contribution < -0.4 is 5.32 Å². The van der Waals surface area contributed by atoms with Crippen LogP contribution >= 0.6 is 11.8 Å². The number of nitrogens with zero attached hydrogens (tertiary/aromatic N) is 3. The van der Waals surface area contributed by atoms with E-state index >= 15 is 0 Å². The highest BCUT2D eigenvalue weighted by molar-refractivity contribution is 7.98. The molecule has 1 amide bonds. The molecule has 31 heavy (non-hydrogen) atoms. The van der Waals surface area contributed by atoms with Crippen molar-refractivity contribution in [3.63, 3.8) is 0 Å². The highest BCUT2D eigenvalue weighted by atomic mass is 32.2. The number of carbonyl (C=O) groups is 1. The molecule has 0 radical (unpaired) electrons. The molecule has 0 saturated carbocycles. The second-order valence-corrected chi connectivity index (χ2v) is 9.46. The average molecular weight is 461 g/mol. The second-order valence-electron chi connectivity index (χ2n) is 6.64. The molecule has 1 N–H and O–H groups in total. The molecule has 3 aromatic rings. The summed E-state index contributed by atoms with van der Waals surface area (Å²) in [5, 5.41) is 10.4. The standard InChI is InChI=1S/C20H20N4O5S2/c1-30-16-4-2-3-15(13-16)19-22-23-20(29-19)21-18(25)14-5-7-17(8-6-14)31(26,27)24-9-11-28-12-10-24/h2-8,13H,9-12H2,1H3,(H,21,23,25). The summed E-state index contributed by atoms with van der Waals surface area (Å²) in [6.45, 7) is 1.36. The molecule has 0 aliphatic carbocycles. The van der Waals surface area contributed by atoms with Crippen LogP contribution in [-0.4, -0.2) is 61.4 Å². The van der Waals surface area contributed by atoms with Gasteiger partial charge in [-0.15, -0.1) is 16.9 Å². The van der Waals surface area contributed by atoms with Gasteiger partial charge in [-0.1, -0.05) is 11.2 Å². The number of benzene rings is 2. The van der Waals surface area contributed by atoms with Crippen LogP contribution in [0.25, 0.3) is 11.5 Å². The number of ether oxygens (including phenoxy) is 1. The number of sulfonamides is 1. The number of morpholine rings is 1. The van der Waals surface area contributed by atoms with Crippen LogP contribution in [0.4, 0.5) is 6.01 Å². The Morgan fingerprint density at radius 1 is 1.10 bits per heavy atom. The maximum absolute atomic E-state index is 12.7. The predicted octanol–water partition coefficient (Wildman–Crippen LogP) is 2.73. The molecule has 11 heteroatoms. The van der Waals surface area contributed by atoms with Crippen LogP contribution in [-0.2, 0) is 14.8 Å². The number of anilines is 1. The number of thioether (sulfide) groups is 1. The molecular weight excluding hydrogens is 440 g/mol. The molecule has 1 aliphatic heterocycles. The second kappa shape index (κ2) is 9.18. The normalized spacial score (nSPS) is 15.0. The van der Waals surface area contributed by atoms with Crippen molar-refractivity contribution in [3.8, 4) is 11.5 Å². The van der Waals surface area contributed by atoms with Gasteiger partial charge in [0.2, 0.25) is 15.9 Å². The van der Waals surface area contributed by atoms with Crippen molar-refractivity contribution in [1.29, 1.82) is 0 Å². The van der Waals surface area contributed by atoms with E-state index in [2.05, 4.69) is 15.5 Å². The van der Waals surface area contributed by atoms with E-state index in [1.165, 1.54) is 28.6 Å². The third-order valence-corrected chi connectivity index (χ3v) is 7.32. The van der Waals surface area contributed by atoms with Crippen molar-refractivity contribution in [3.05, 3.63) is 54.1 Å². The Morgan fingerprint density at radius 2 is 1.84 bits per heavy atom. The van der Waals surface area contributed by atoms with Crippen LogP contribution in [0.15, 0.2) is 62.7 Å². The molecule has 9 nitrogen and oxygen atoms in total. The fourth-order valence-corrected chi connectivity index (χ4v) is 4.90. The molecule has 1 saturated heterocycles. The smallest absolute Gasteiger partial charge is 0.322 e. The number of rotatable bonds is 6. The fourth-order valence-electron chi connectivity index (χ4n) is 3.03. The minimum Gasteiger partial charge on any atom is -0.403 e. The highest BCUT2D eigenvalue weighted by Crippen LogP contribution is 2.25. The summed E-state index contributed by atoms with van der Waals surface area (Å²) >= 11 is 1.59. The Balaban J connectivity index is 1.45. The molecule has 1 aromatic heterocycles. The molecule has 2 heterocycles. The van der Waals surface area contributed by atoms with Gasteiger partial charge < -0.3 is 9.15 Å². The Morgan fingerprint density at radius 3 is 2.55 bits per heavy atom. The van der Waals surface area contributed by atoms with Crippen LogP contribution in [0.3, 0.4) is 0 Å². The lowest BCUT2D eigenvalue weighted by atomic mass is 10.2. The van der Waals surface area contributed by atoms with Crippen molar-refractivity contribution in [2.75, 3.05) is 37.9 Å². The molecule has 2 aromatic carbocycles. The topological polar surface area (TPSA) is 115 Å². The maximum atomic E-state index is 12.7. The summed E-state index contributed by atoms with van der Waals surface area (Å²) < 4.78 is 37.5. The lowest BCUT2D eigenvalue weighted by molar-refractivity contribution is 0.0730. The Kier molecular flexibility index (Phi) is 6.37. The quantitative estimate of drug-likeness (QED) is 0.559. The van der Waals surface area contributed by atoms with Gasteiger partial charge in [-0.05, 0) is 48.7 Å². The van der Waals surface area contributed by atoms with Gasteiger partial charge in [0, 0.05) is 29.1 Å². The van der Waals surface area contributed by atoms with E-state index in [4.69, 9.17) is 9.15 Å². The number of carbonyl (C=O) groups excluding carboxylic acids is 1. The van der Waals surface area contributed by atoms with Gasteiger partial charge in [0.1, 0.15) is 0 Å². The predicted molar refractivity (Wildman–Crippen MR) is 115 cm³/mol. The lowest BCUT2D eigenvalue weighted by Crippen LogP contribution is -2.40. The zero-order valence-electron chi connectivity index (χ0n) is 16.6. The third-order valence-electron chi connectivity index (χ3n) is 4.69. The largest absolute Gasteiger partial charge is 0.403 e. The zero-order chi connectivity index (χ0) is 21.8. The number of hydrogen-bond acceptors (Lipinski definition) is 8. The van der Waals surface area contributed by atoms with E-state index in [0.29, 0.717) is 26.3 Å². The first-order chi connectivity index (χ1) is 15.0. The first kappa shape index (κ1) is 21.5. The fraction of sp³-hybridized carbons (Fsp3) is 0.250. The molecule has 162 valence electrons. The van der Waals surface area contributed by atoms with Gasteiger partial charge in [-0.25, -0.2) is 8.42 Å². The van der Waals surface area contributed by atoms with Crippen LogP contribution in [0, 0.1) is 0 Å². The molecule has 0 spiro atoms. The molecule has 1 fully saturated rings. The highest BCUT2D eigenvalue weighted by Gasteiger charge is 2.26. The summed E-state index contributed by atoms with van der Waals surface area (Å²) in [6.07, 6.45) is 1.97. The van der Waals surface area contributed by atoms with Crippen LogP contribution in [0.5, 0.6) is 0 Å². The van der Waals surface area contributed by atoms with Gasteiger partial charge >= 0.3 is 6.01 Å². The number of aromatic nitrogens is 2. The summed E-state index contributed by atoms with van der Waals surface area (Å²) in [7, 11) is -3.62. The van der Waals surface area contributed by atoms with Crippen LogP contribution in [0.2, 0.25) is 0 Å². The molecule has 4 rings (SSSR count). The van der Waals surface area contributed by atoms with E-state index in [9.17, 15) is 13.2 Å². The lowest BCUT2D eigenvalue weighted by Gasteiger charge is -2.26. The van der Waals surface area contributed by atoms with E-state index in [1.54, 1.807) is 11.8 Å². The average Bonchev–Trinajstić information content (AvgIpc) is 3.28. The van der Waals surface area contributed by atoms with Crippen molar-refractivity contribution >= 4 is 33.7 Å². The van der Waals surface area contributed by atoms with Crippen molar-refractivity contribution in [2.45, 2.75) is 9.79 Å². The number of nitrogens with one attached hydrogen (secondary N) is 1. The van der Waals surface area contributed by atoms with Gasteiger partial charge in [0.25, 0.3) is 5.91 Å². The summed E-state index contributed by atoms with van der Waals surface area (Å²) in [5.74, 6) is -0.193. The van der Waals surface area contributed by atoms with E-state index in [0.717, 1.165) is 10.5 Å². The Labute approximate surface area is 183 Å². The van der Waals surface area contributed by atoms with Crippen molar-refractivity contribution < 1.29 is 22.4 Å². The molecule has 0 bridgehead atoms. The minimum atomic E-state index is -3.62. The molecule has 1 aliphatic rings. The van der Waals surface area contributed by atoms with Crippen molar-refractivity contribution in [2.24, 2.45) is 0 Å². The monoisotopic (exact) mass is 460 g/mol. The van der Waals surface area contributed by atoms with Gasteiger partial charge in [0.05, 0.1) is 18.1 Å². The molecule has 0 atom stereocenters. The molecular formula is C20H20N4O5S2. The zero-order valence-corrected chi connectivity index (χ0v) is 18.3. The summed E-state index contributed by atoms with van der Waals surface area (Å²) in [6, 6.07) is 13.3. The maximum Gasteiger partial charge on any atom is 0.322 e. The van der Waals surface area contributed by atoms with E-state index in [-0.39, 0.29) is 22.4 Å². The number of amides is 1. The van der Waals surface area contributed by atoms with Crippen molar-refractivity contribution in [1.82, 2.24) is 14.5 Å². The molecule has 0 unspecified atom stereocenters. The first-order valence-corrected chi connectivity index (χ1v) is 12.1. The summed E-state index contributed by atoms with van der Waals surface area (Å²) in [4.78, 5) is 13.7.